The average Bonchev–Trinajstić information content (AvgIpc) is 2.86. The first kappa shape index (κ1) is 27.8. The maximum atomic E-state index is 12.7. The molecule has 1 amide bonds. The van der Waals surface area contributed by atoms with Gasteiger partial charge in [0.2, 0.25) is 0 Å². The molecule has 185 valence electrons. The number of anilines is 1. The second kappa shape index (κ2) is 12.1. The number of nitro groups is 2. The van der Waals surface area contributed by atoms with E-state index in [0.29, 0.717) is 5.22 Å². The van der Waals surface area contributed by atoms with Crippen molar-refractivity contribution in [1.82, 2.24) is 0 Å². The summed E-state index contributed by atoms with van der Waals surface area (Å²) < 4.78 is 2.18. The number of hydrogen-bond donors (Lipinski definition) is 0. The van der Waals surface area contributed by atoms with Gasteiger partial charge in [-0.25, -0.2) is 0 Å². The van der Waals surface area contributed by atoms with E-state index in [0.717, 1.165) is 12.7 Å². The number of nitro benzene ring substituents is 2. The summed E-state index contributed by atoms with van der Waals surface area (Å²) in [6, 6.07) is 22.0. The summed E-state index contributed by atoms with van der Waals surface area (Å²) >= 11 is 4.86. The van der Waals surface area contributed by atoms with Gasteiger partial charge in [0, 0.05) is 0 Å². The Morgan fingerprint density at radius 3 is 1.89 bits per heavy atom. The molecular formula is C26H19AcBr2N3O5. The van der Waals surface area contributed by atoms with Gasteiger partial charge in [-0.05, 0) is 0 Å². The molecule has 8 nitrogen and oxygen atoms in total. The van der Waals surface area contributed by atoms with Gasteiger partial charge in [0.05, 0.1) is 0 Å². The van der Waals surface area contributed by atoms with Gasteiger partial charge in [0.15, 0.2) is 0 Å². The van der Waals surface area contributed by atoms with Crippen molar-refractivity contribution in [3.8, 4) is 0 Å². The third-order valence-corrected chi connectivity index (χ3v) is 15.7. The molecule has 0 aliphatic rings. The summed E-state index contributed by atoms with van der Waals surface area (Å²) in [6.45, 7) is 1.44. The van der Waals surface area contributed by atoms with E-state index in [2.05, 4.69) is 31.9 Å². The van der Waals surface area contributed by atoms with E-state index in [4.69, 9.17) is 0 Å². The quantitative estimate of drug-likeness (QED) is 0.146. The third-order valence-electron chi connectivity index (χ3n) is 5.89. The molecule has 11 heteroatoms. The van der Waals surface area contributed by atoms with Crippen molar-refractivity contribution in [2.24, 2.45) is 0 Å². The van der Waals surface area contributed by atoms with Gasteiger partial charge in [0.25, 0.3) is 0 Å². The van der Waals surface area contributed by atoms with E-state index in [-0.39, 0.29) is 38.9 Å². The fraction of sp³-hybridized carbons (Fsp3) is 0.115. The summed E-state index contributed by atoms with van der Waals surface area (Å²) in [4.78, 5) is 37.8. The molecule has 0 spiro atoms. The van der Waals surface area contributed by atoms with Crippen LogP contribution in [0, 0.1) is 59.9 Å². The molecule has 4 rings (SSSR count). The van der Waals surface area contributed by atoms with E-state index in [1.807, 2.05) is 60.7 Å². The van der Waals surface area contributed by atoms with Crippen LogP contribution in [0.4, 0.5) is 17.1 Å². The Morgan fingerprint density at radius 2 is 1.35 bits per heavy atom. The number of halogens is 2. The number of carbonyl (C=O) groups is 1. The molecule has 0 saturated heterocycles. The van der Waals surface area contributed by atoms with Crippen LogP contribution >= 0.6 is 31.9 Å². The van der Waals surface area contributed by atoms with E-state index < -0.39 is 55.5 Å². The number of amides is 1. The zero-order chi connectivity index (χ0) is 26.7. The molecular weight excluding hydrogens is 821 g/mol. The molecule has 0 saturated carbocycles. The Hall–Kier alpha value is -2.19. The summed E-state index contributed by atoms with van der Waals surface area (Å²) in [5.74, 6) is -0.392. The number of carbonyl (C=O) groups excluding carboxylic acids is 1. The van der Waals surface area contributed by atoms with Gasteiger partial charge >= 0.3 is 254 Å². The molecule has 0 aliphatic heterocycles. The van der Waals surface area contributed by atoms with Gasteiger partial charge < -0.3 is 0 Å². The van der Waals surface area contributed by atoms with E-state index in [9.17, 15) is 25.0 Å². The van der Waals surface area contributed by atoms with Crippen LogP contribution in [0.15, 0.2) is 81.7 Å². The van der Waals surface area contributed by atoms with Crippen molar-refractivity contribution < 1.29 is 54.3 Å². The average molecular weight is 840 g/mol. The summed E-state index contributed by atoms with van der Waals surface area (Å²) in [5, 5.41) is 25.1. The molecule has 0 aliphatic carbocycles. The van der Waals surface area contributed by atoms with Gasteiger partial charge in [-0.3, -0.25) is 0 Å². The first-order valence-corrected chi connectivity index (χ1v) is 18.5. The van der Waals surface area contributed by atoms with Crippen molar-refractivity contribution in [3.63, 3.8) is 0 Å². The van der Waals surface area contributed by atoms with Crippen molar-refractivity contribution in [2.45, 2.75) is 15.1 Å². The van der Waals surface area contributed by atoms with Crippen LogP contribution in [0.1, 0.15) is 18.1 Å². The Bertz CT molecular complexity index is 1520. The number of hydrogen-bond acceptors (Lipinski definition) is 5. The molecule has 0 heterocycles. The second-order valence-corrected chi connectivity index (χ2v) is 15.7. The third kappa shape index (κ3) is 6.11. The molecule has 4 aromatic rings. The number of nitrogens with zero attached hydrogens (tertiary/aromatic N) is 3. The predicted octanol–water partition coefficient (Wildman–Crippen LogP) is 6.64. The molecule has 0 radical (unpaired) electrons. The maximum absolute atomic E-state index is 12.7. The van der Waals surface area contributed by atoms with Crippen LogP contribution in [0.2, 0.25) is 0 Å². The van der Waals surface area contributed by atoms with Crippen LogP contribution in [-0.2, 0) is 12.9 Å². The molecule has 0 bridgehead atoms. The van der Waals surface area contributed by atoms with Gasteiger partial charge in [-0.15, -0.1) is 0 Å². The van der Waals surface area contributed by atoms with Crippen molar-refractivity contribution in [1.29, 1.82) is 0 Å². The molecule has 37 heavy (non-hydrogen) atoms. The van der Waals surface area contributed by atoms with Crippen LogP contribution in [-0.4, -0.2) is 15.8 Å². The van der Waals surface area contributed by atoms with Crippen molar-refractivity contribution >= 4 is 66.3 Å². The summed E-state index contributed by atoms with van der Waals surface area (Å²) in [7, 11) is 0. The Labute approximate surface area is 251 Å². The van der Waals surface area contributed by atoms with Crippen LogP contribution in [0.25, 0.3) is 10.8 Å². The van der Waals surface area contributed by atoms with E-state index in [1.165, 1.54) is 17.9 Å². The number of benzene rings is 4. The van der Waals surface area contributed by atoms with Crippen molar-refractivity contribution in [3.05, 3.63) is 113 Å². The van der Waals surface area contributed by atoms with Gasteiger partial charge in [-0.2, -0.15) is 0 Å². The summed E-state index contributed by atoms with van der Waals surface area (Å²) in [5.41, 5.74) is 1.51. The molecule has 0 atom stereocenters. The van der Waals surface area contributed by atoms with Crippen LogP contribution in [0.5, 0.6) is 0 Å². The zero-order valence-electron chi connectivity index (χ0n) is 19.6. The molecule has 0 unspecified atom stereocenters. The molecule has 0 aromatic heterocycles. The second-order valence-electron chi connectivity index (χ2n) is 8.27. The zero-order valence-corrected chi connectivity index (χ0v) is 27.5. The topological polar surface area (TPSA) is 107 Å². The molecule has 0 fully saturated rings. The standard InChI is InChI=1S/C19H12Br2N3O5.C7H7.Ac/c1-11(25)22(10-12-5-3-2-4-6-12)19-16(21)9-14-15(18(19)24(28)29)7-13(20)8-17(14)23(26)27;1-7-5-3-2-4-6-7;/h2-7,9H,10H2,1H3;2-6H,1H2;. The molecule has 4 aromatic carbocycles. The van der Waals surface area contributed by atoms with Crippen LogP contribution < -0.4 is 5.64 Å². The van der Waals surface area contributed by atoms with Crippen LogP contribution in [0.3, 0.4) is 0 Å². The Balaban J connectivity index is 1.93. The monoisotopic (exact) mass is 838 g/mol. The SMILES string of the molecule is CC(=O)N(Cc1ccccc1)c1c(Br)cc2c([N+](=O)[O-])[c]([Ac][CH2]c3ccccc3)c(Br)cc2c1[N+](=O)[O-]. The van der Waals surface area contributed by atoms with Gasteiger partial charge in [0.1, 0.15) is 0 Å². The number of rotatable bonds is 8. The minimum absolute atomic E-state index is 0.0661. The minimum atomic E-state index is -2.04. The first-order valence-electron chi connectivity index (χ1n) is 11.2. The fourth-order valence-corrected chi connectivity index (χ4v) is 12.7. The predicted molar refractivity (Wildman–Crippen MR) is 146 cm³/mol. The van der Waals surface area contributed by atoms with Gasteiger partial charge in [-0.1, -0.05) is 0 Å². The summed E-state index contributed by atoms with van der Waals surface area (Å²) in [6.07, 6.45) is 0. The fourth-order valence-electron chi connectivity index (χ4n) is 4.23. The van der Waals surface area contributed by atoms with E-state index >= 15 is 0 Å². The van der Waals surface area contributed by atoms with E-state index in [1.54, 1.807) is 6.07 Å². The number of fused-ring (bicyclic) bond motifs is 1. The normalized spacial score (nSPS) is 10.7. The van der Waals surface area contributed by atoms with Crippen molar-refractivity contribution in [2.75, 3.05) is 4.90 Å². The Kier molecular flexibility index (Phi) is 9.12. The molecule has 0 N–H and O–H groups in total. The first-order chi connectivity index (χ1) is 17.7. The Morgan fingerprint density at radius 1 is 0.838 bits per heavy atom.